The number of halogens is 1. The van der Waals surface area contributed by atoms with E-state index in [1.165, 1.54) is 12.1 Å². The molecule has 1 unspecified atom stereocenters. The molecule has 3 N–H and O–H groups in total. The second-order valence-electron chi connectivity index (χ2n) is 9.06. The van der Waals surface area contributed by atoms with Crippen molar-refractivity contribution < 1.29 is 19.4 Å². The molecular weight excluding hydrogens is 445 g/mol. The minimum atomic E-state index is -0.990. The molecule has 4 aromatic rings. The van der Waals surface area contributed by atoms with Crippen molar-refractivity contribution in [3.05, 3.63) is 89.2 Å². The Hall–Kier alpha value is -3.97. The van der Waals surface area contributed by atoms with Crippen molar-refractivity contribution in [2.75, 3.05) is 23.3 Å². The molecule has 0 spiro atoms. The highest BCUT2D eigenvalue weighted by Gasteiger charge is 2.29. The van der Waals surface area contributed by atoms with Crippen molar-refractivity contribution in [1.29, 1.82) is 0 Å². The number of aromatic carboxylic acids is 1. The number of nitrogens with zero attached hydrogens (tertiary/aromatic N) is 2. The molecule has 1 saturated heterocycles. The van der Waals surface area contributed by atoms with Gasteiger partial charge in [0.05, 0.1) is 17.2 Å². The Morgan fingerprint density at radius 3 is 2.51 bits per heavy atom. The van der Waals surface area contributed by atoms with Crippen LogP contribution in [0.3, 0.4) is 0 Å². The molecule has 1 fully saturated rings. The van der Waals surface area contributed by atoms with Crippen LogP contribution < -0.4 is 10.2 Å². The van der Waals surface area contributed by atoms with E-state index in [0.717, 1.165) is 39.0 Å². The van der Waals surface area contributed by atoms with Crippen LogP contribution in [0.5, 0.6) is 0 Å². The fourth-order valence-electron chi connectivity index (χ4n) is 4.61. The molecule has 0 radical (unpaired) electrons. The van der Waals surface area contributed by atoms with Gasteiger partial charge in [-0.25, -0.2) is 14.2 Å². The van der Waals surface area contributed by atoms with E-state index in [0.29, 0.717) is 18.8 Å². The van der Waals surface area contributed by atoms with Crippen LogP contribution in [0.4, 0.5) is 15.9 Å². The van der Waals surface area contributed by atoms with Gasteiger partial charge in [-0.1, -0.05) is 30.3 Å². The number of aryl methyl sites for hydroxylation is 1. The van der Waals surface area contributed by atoms with E-state index in [1.807, 2.05) is 24.8 Å². The number of hydrogen-bond acceptors (Lipinski definition) is 5. The van der Waals surface area contributed by atoms with Gasteiger partial charge in [0.15, 0.2) is 0 Å². The number of hydrogen-bond donors (Lipinski definition) is 3. The van der Waals surface area contributed by atoms with Gasteiger partial charge in [0.25, 0.3) is 0 Å². The molecule has 178 valence electrons. The average Bonchev–Trinajstić information content (AvgIpc) is 2.81. The number of carboxylic acids is 1. The number of aliphatic hydroxyl groups is 1. The Balaban J connectivity index is 1.64. The molecule has 1 aliphatic heterocycles. The maximum absolute atomic E-state index is 13.6. The molecule has 2 heterocycles. The van der Waals surface area contributed by atoms with Crippen molar-refractivity contribution in [1.82, 2.24) is 4.98 Å². The van der Waals surface area contributed by atoms with Crippen molar-refractivity contribution in [2.45, 2.75) is 26.0 Å². The quantitative estimate of drug-likeness (QED) is 0.349. The summed E-state index contributed by atoms with van der Waals surface area (Å²) in [5, 5.41) is 23.7. The second-order valence-corrected chi connectivity index (χ2v) is 9.06. The van der Waals surface area contributed by atoms with E-state index in [2.05, 4.69) is 17.4 Å². The highest BCUT2D eigenvalue weighted by Crippen LogP contribution is 2.38. The average molecular weight is 472 g/mol. The van der Waals surface area contributed by atoms with Crippen molar-refractivity contribution in [3.63, 3.8) is 0 Å². The summed E-state index contributed by atoms with van der Waals surface area (Å²) in [5.74, 6) is -0.548. The van der Waals surface area contributed by atoms with Gasteiger partial charge in [-0.2, -0.15) is 0 Å². The van der Waals surface area contributed by atoms with Gasteiger partial charge in [-0.3, -0.25) is 0 Å². The predicted octanol–water partition coefficient (Wildman–Crippen LogP) is 5.40. The summed E-state index contributed by atoms with van der Waals surface area (Å²) >= 11 is 0. The fraction of sp³-hybridized carbons (Fsp3) is 0.214. The lowest BCUT2D eigenvalue weighted by atomic mass is 9.95. The normalized spacial score (nSPS) is 14.6. The van der Waals surface area contributed by atoms with Crippen LogP contribution in [0.1, 0.15) is 34.5 Å². The Morgan fingerprint density at radius 2 is 1.83 bits per heavy atom. The van der Waals surface area contributed by atoms with Crippen LogP contribution in [0.2, 0.25) is 0 Å². The molecule has 1 aromatic heterocycles. The standard InChI is InChI=1S/C28H26FN3O3/c1-16-11-22(17(2)30-25-6-4-3-5-21(25)28(34)35)24-13-23(18-7-9-19(29)10-8-18)27(31-26(24)12-16)32-14-20(33)15-32/h3-13,17,20,30,33H,14-15H2,1-2H3,(H,34,35). The molecule has 0 amide bonds. The molecule has 0 saturated carbocycles. The van der Waals surface area contributed by atoms with Crippen LogP contribution >= 0.6 is 0 Å². The molecule has 0 bridgehead atoms. The lowest BCUT2D eigenvalue weighted by Gasteiger charge is -2.38. The van der Waals surface area contributed by atoms with E-state index in [9.17, 15) is 19.4 Å². The summed E-state index contributed by atoms with van der Waals surface area (Å²) in [4.78, 5) is 18.7. The highest BCUT2D eigenvalue weighted by molar-refractivity contribution is 5.95. The largest absolute Gasteiger partial charge is 0.478 e. The number of para-hydroxylation sites is 1. The third-order valence-corrected chi connectivity index (χ3v) is 6.40. The van der Waals surface area contributed by atoms with E-state index in [-0.39, 0.29) is 23.5 Å². The van der Waals surface area contributed by atoms with E-state index in [1.54, 1.807) is 36.4 Å². The van der Waals surface area contributed by atoms with Gasteiger partial charge in [-0.15, -0.1) is 0 Å². The van der Waals surface area contributed by atoms with E-state index < -0.39 is 5.97 Å². The van der Waals surface area contributed by atoms with Gasteiger partial charge in [0, 0.05) is 35.8 Å². The number of aliphatic hydroxyl groups excluding tert-OH is 1. The van der Waals surface area contributed by atoms with Crippen molar-refractivity contribution in [3.8, 4) is 11.1 Å². The van der Waals surface area contributed by atoms with Gasteiger partial charge < -0.3 is 20.4 Å². The number of nitrogens with one attached hydrogen (secondary N) is 1. The van der Waals surface area contributed by atoms with E-state index in [4.69, 9.17) is 4.98 Å². The third-order valence-electron chi connectivity index (χ3n) is 6.40. The van der Waals surface area contributed by atoms with Crippen LogP contribution in [0, 0.1) is 12.7 Å². The third kappa shape index (κ3) is 4.42. The summed E-state index contributed by atoms with van der Waals surface area (Å²) in [6.07, 6.45) is -0.389. The lowest BCUT2D eigenvalue weighted by molar-refractivity contribution is 0.0698. The first-order valence-corrected chi connectivity index (χ1v) is 11.5. The zero-order valence-corrected chi connectivity index (χ0v) is 19.5. The number of β-amino-alcohol motifs (C(OH)–C–C–N with tert-alkyl or cyclic N) is 1. The second kappa shape index (κ2) is 9.00. The molecule has 1 atom stereocenters. The van der Waals surface area contributed by atoms with Crippen LogP contribution in [-0.4, -0.2) is 40.4 Å². The maximum atomic E-state index is 13.6. The molecular formula is C28H26FN3O3. The summed E-state index contributed by atoms with van der Waals surface area (Å²) in [6.45, 7) is 4.98. The van der Waals surface area contributed by atoms with E-state index >= 15 is 0 Å². The number of anilines is 2. The van der Waals surface area contributed by atoms with Gasteiger partial charge in [0.2, 0.25) is 0 Å². The predicted molar refractivity (Wildman–Crippen MR) is 136 cm³/mol. The van der Waals surface area contributed by atoms with Gasteiger partial charge >= 0.3 is 5.97 Å². The molecule has 0 aliphatic carbocycles. The lowest BCUT2D eigenvalue weighted by Crippen LogP contribution is -2.51. The first kappa shape index (κ1) is 22.8. The number of fused-ring (bicyclic) bond motifs is 1. The number of rotatable bonds is 6. The molecule has 3 aromatic carbocycles. The zero-order valence-electron chi connectivity index (χ0n) is 19.5. The summed E-state index contributed by atoms with van der Waals surface area (Å²) < 4.78 is 13.6. The van der Waals surface area contributed by atoms with Crippen molar-refractivity contribution >= 4 is 28.4 Å². The van der Waals surface area contributed by atoms with Crippen LogP contribution in [0.25, 0.3) is 22.0 Å². The number of carboxylic acid groups (broad SMARTS) is 1. The monoisotopic (exact) mass is 471 g/mol. The Bertz CT molecular complexity index is 1420. The van der Waals surface area contributed by atoms with Gasteiger partial charge in [-0.05, 0) is 66.9 Å². The summed E-state index contributed by atoms with van der Waals surface area (Å²) in [5.41, 5.74) is 5.26. The van der Waals surface area contributed by atoms with Gasteiger partial charge in [0.1, 0.15) is 11.6 Å². The topological polar surface area (TPSA) is 85.7 Å². The number of benzene rings is 3. The SMILES string of the molecule is Cc1cc(C(C)Nc2ccccc2C(=O)O)c2cc(-c3ccc(F)cc3)c(N3CC(O)C3)nc2c1. The fourth-order valence-corrected chi connectivity index (χ4v) is 4.61. The van der Waals surface area contributed by atoms with Crippen LogP contribution in [-0.2, 0) is 0 Å². The molecule has 1 aliphatic rings. The van der Waals surface area contributed by atoms with Crippen LogP contribution in [0.15, 0.2) is 66.7 Å². The Morgan fingerprint density at radius 1 is 1.11 bits per heavy atom. The molecule has 6 nitrogen and oxygen atoms in total. The smallest absolute Gasteiger partial charge is 0.337 e. The molecule has 35 heavy (non-hydrogen) atoms. The maximum Gasteiger partial charge on any atom is 0.337 e. The molecule has 5 rings (SSSR count). The number of pyridine rings is 1. The Labute approximate surface area is 202 Å². The Kier molecular flexibility index (Phi) is 5.86. The summed E-state index contributed by atoms with van der Waals surface area (Å²) in [6, 6.07) is 19.1. The minimum Gasteiger partial charge on any atom is -0.478 e. The number of aromatic nitrogens is 1. The minimum absolute atomic E-state index is 0.208. The first-order chi connectivity index (χ1) is 16.8. The van der Waals surface area contributed by atoms with Crippen molar-refractivity contribution in [2.24, 2.45) is 0 Å². The molecule has 7 heteroatoms. The first-order valence-electron chi connectivity index (χ1n) is 11.5. The highest BCUT2D eigenvalue weighted by atomic mass is 19.1. The number of carbonyl (C=O) groups is 1. The summed E-state index contributed by atoms with van der Waals surface area (Å²) in [7, 11) is 0. The zero-order chi connectivity index (χ0) is 24.7.